The Balaban J connectivity index is 2.24. The number of fused-ring (bicyclic) bond motifs is 1. The Bertz CT molecular complexity index is 1180. The molecular weight excluding hydrogens is 487 g/mol. The second-order valence-corrected chi connectivity index (χ2v) is 8.20. The van der Waals surface area contributed by atoms with Gasteiger partial charge in [0.1, 0.15) is 17.0 Å². The van der Waals surface area contributed by atoms with Crippen LogP contribution >= 0.6 is 22.6 Å². The number of ether oxygens (including phenoxy) is 1. The lowest BCUT2D eigenvalue weighted by Crippen LogP contribution is -2.14. The van der Waals surface area contributed by atoms with Crippen molar-refractivity contribution in [3.05, 3.63) is 56.5 Å². The number of hydrogen-bond donors (Lipinski definition) is 2. The van der Waals surface area contributed by atoms with Crippen molar-refractivity contribution in [3.63, 3.8) is 0 Å². The van der Waals surface area contributed by atoms with Crippen molar-refractivity contribution in [2.24, 2.45) is 0 Å². The van der Waals surface area contributed by atoms with E-state index >= 15 is 0 Å². The van der Waals surface area contributed by atoms with Crippen molar-refractivity contribution in [2.75, 3.05) is 16.3 Å². The largest absolute Gasteiger partial charge is 0.455 e. The zero-order valence-electron chi connectivity index (χ0n) is 13.9. The van der Waals surface area contributed by atoms with Gasteiger partial charge in [0.2, 0.25) is 21.9 Å². The molecule has 0 spiro atoms. The first-order valence-corrected chi connectivity index (χ1v) is 10.5. The first-order chi connectivity index (χ1) is 12.8. The Hall–Kier alpha value is -2.60. The van der Waals surface area contributed by atoms with Gasteiger partial charge in [0.15, 0.2) is 9.52 Å². The van der Waals surface area contributed by atoms with Gasteiger partial charge in [0.05, 0.1) is 17.3 Å². The Kier molecular flexibility index (Phi) is 5.37. The highest BCUT2D eigenvalue weighted by atomic mass is 127. The zero-order chi connectivity index (χ0) is 19.6. The minimum atomic E-state index is -3.61. The van der Waals surface area contributed by atoms with Crippen LogP contribution in [-0.4, -0.2) is 21.1 Å². The quantitative estimate of drug-likeness (QED) is 0.397. The van der Waals surface area contributed by atoms with Crippen molar-refractivity contribution >= 4 is 61.4 Å². The summed E-state index contributed by atoms with van der Waals surface area (Å²) in [6.45, 7) is 0. The van der Waals surface area contributed by atoms with Gasteiger partial charge in [0.25, 0.3) is 0 Å². The van der Waals surface area contributed by atoms with Crippen LogP contribution in [0, 0.1) is 3.77 Å². The fourth-order valence-corrected chi connectivity index (χ4v) is 3.55. The van der Waals surface area contributed by atoms with Crippen LogP contribution in [0.3, 0.4) is 0 Å². The van der Waals surface area contributed by atoms with E-state index in [1.165, 1.54) is 12.1 Å². The predicted molar refractivity (Wildman–Crippen MR) is 110 cm³/mol. The molecule has 2 aromatic carbocycles. The van der Waals surface area contributed by atoms with Gasteiger partial charge in [-0.15, -0.1) is 0 Å². The molecule has 8 nitrogen and oxygen atoms in total. The van der Waals surface area contributed by atoms with E-state index in [0.29, 0.717) is 12.2 Å². The van der Waals surface area contributed by atoms with E-state index < -0.39 is 15.5 Å². The summed E-state index contributed by atoms with van der Waals surface area (Å²) in [5, 5.41) is 2.44. The van der Waals surface area contributed by atoms with Crippen LogP contribution in [0.25, 0.3) is 11.0 Å². The van der Waals surface area contributed by atoms with Crippen LogP contribution < -0.4 is 20.2 Å². The van der Waals surface area contributed by atoms with E-state index in [-0.39, 0.29) is 31.9 Å². The van der Waals surface area contributed by atoms with Crippen molar-refractivity contribution < 1.29 is 22.4 Å². The number of hydrogen-bond acceptors (Lipinski definition) is 6. The molecule has 0 unspecified atom stereocenters. The molecule has 0 saturated carbocycles. The summed E-state index contributed by atoms with van der Waals surface area (Å²) >= 11 is 1.77. The summed E-state index contributed by atoms with van der Waals surface area (Å²) in [6, 6.07) is 11.4. The first kappa shape index (κ1) is 19.2. The molecule has 0 bridgehead atoms. The third-order valence-corrected chi connectivity index (χ3v) is 4.77. The first-order valence-electron chi connectivity index (χ1n) is 7.50. The molecule has 27 heavy (non-hydrogen) atoms. The van der Waals surface area contributed by atoms with Crippen molar-refractivity contribution in [2.45, 2.75) is 0 Å². The van der Waals surface area contributed by atoms with Gasteiger partial charge < -0.3 is 14.5 Å². The normalized spacial score (nSPS) is 11.2. The van der Waals surface area contributed by atoms with Crippen molar-refractivity contribution in [1.82, 2.24) is 0 Å². The molecule has 0 aliphatic rings. The number of carbonyl (C=O) groups excluding carboxylic acids is 1. The van der Waals surface area contributed by atoms with E-state index in [1.54, 1.807) is 52.9 Å². The number of benzene rings is 2. The van der Waals surface area contributed by atoms with Gasteiger partial charge in [-0.25, -0.2) is 8.42 Å². The molecule has 140 valence electrons. The molecule has 1 amide bonds. The van der Waals surface area contributed by atoms with E-state index in [1.807, 2.05) is 0 Å². The lowest BCUT2D eigenvalue weighted by molar-refractivity contribution is -0.105. The van der Waals surface area contributed by atoms with Gasteiger partial charge in [-0.3, -0.25) is 14.3 Å². The van der Waals surface area contributed by atoms with Crippen molar-refractivity contribution in [1.29, 1.82) is 0 Å². The Morgan fingerprint density at radius 1 is 1.19 bits per heavy atom. The predicted octanol–water partition coefficient (Wildman–Crippen LogP) is 3.13. The molecule has 2 N–H and O–H groups in total. The molecule has 1 heterocycles. The third kappa shape index (κ3) is 4.39. The summed E-state index contributed by atoms with van der Waals surface area (Å²) in [6.07, 6.45) is 1.38. The molecule has 0 aliphatic heterocycles. The third-order valence-electron chi connectivity index (χ3n) is 3.42. The van der Waals surface area contributed by atoms with Gasteiger partial charge in [-0.05, 0) is 18.2 Å². The van der Waals surface area contributed by atoms with Crippen LogP contribution in [0.5, 0.6) is 11.5 Å². The molecule has 0 atom stereocenters. The minimum Gasteiger partial charge on any atom is -0.455 e. The maximum atomic E-state index is 12.7. The second kappa shape index (κ2) is 7.56. The van der Waals surface area contributed by atoms with Gasteiger partial charge in [-0.2, -0.15) is 0 Å². The molecule has 3 rings (SSSR count). The minimum absolute atomic E-state index is 0.00687. The molecule has 1 aromatic heterocycles. The van der Waals surface area contributed by atoms with Crippen molar-refractivity contribution in [3.8, 4) is 11.5 Å². The van der Waals surface area contributed by atoms with Crippen LogP contribution in [0.1, 0.15) is 0 Å². The topological polar surface area (TPSA) is 115 Å². The molecule has 0 fully saturated rings. The highest BCUT2D eigenvalue weighted by Gasteiger charge is 2.18. The van der Waals surface area contributed by atoms with Crippen LogP contribution in [0.2, 0.25) is 0 Å². The standard InChI is InChI=1S/C17H13IN2O6S/c1-27(23,24)20-12-8-13-11(16(22)15(19-9-21)17(18)26-13)7-14(12)25-10-5-3-2-4-6-10/h2-9,20H,1H3,(H,19,21). The highest BCUT2D eigenvalue weighted by molar-refractivity contribution is 14.1. The van der Waals surface area contributed by atoms with Gasteiger partial charge in [0, 0.05) is 28.7 Å². The Morgan fingerprint density at radius 2 is 1.89 bits per heavy atom. The monoisotopic (exact) mass is 500 g/mol. The number of halogens is 1. The summed E-state index contributed by atoms with van der Waals surface area (Å²) in [5.41, 5.74) is -0.222. The number of anilines is 2. The SMILES string of the molecule is CS(=O)(=O)Nc1cc2oc(I)c(NC=O)c(=O)c2cc1Oc1ccccc1. The fourth-order valence-electron chi connectivity index (χ4n) is 2.35. The van der Waals surface area contributed by atoms with E-state index in [0.717, 1.165) is 6.26 Å². The lowest BCUT2D eigenvalue weighted by atomic mass is 10.2. The highest BCUT2D eigenvalue weighted by Crippen LogP contribution is 2.35. The summed E-state index contributed by atoms with van der Waals surface area (Å²) in [4.78, 5) is 23.4. The van der Waals surface area contributed by atoms with Crippen LogP contribution in [0.4, 0.5) is 11.4 Å². The zero-order valence-corrected chi connectivity index (χ0v) is 16.8. The molecule has 3 aromatic rings. The number of para-hydroxylation sites is 1. The number of nitrogens with one attached hydrogen (secondary N) is 2. The maximum Gasteiger partial charge on any atom is 0.229 e. The summed E-state index contributed by atoms with van der Waals surface area (Å²) in [7, 11) is -3.61. The number of amides is 1. The molecular formula is C17H13IN2O6S. The Labute approximate surface area is 167 Å². The molecule has 10 heteroatoms. The van der Waals surface area contributed by atoms with Gasteiger partial charge >= 0.3 is 0 Å². The average molecular weight is 500 g/mol. The number of carbonyl (C=O) groups is 1. The summed E-state index contributed by atoms with van der Waals surface area (Å²) in [5.74, 6) is 0.569. The summed E-state index contributed by atoms with van der Waals surface area (Å²) < 4.78 is 37.2. The maximum absolute atomic E-state index is 12.7. The average Bonchev–Trinajstić information content (AvgIpc) is 2.59. The van der Waals surface area contributed by atoms with E-state index in [2.05, 4.69) is 10.0 Å². The fraction of sp³-hybridized carbons (Fsp3) is 0.0588. The molecule has 0 aliphatic carbocycles. The van der Waals surface area contributed by atoms with Gasteiger partial charge in [-0.1, -0.05) is 18.2 Å². The molecule has 0 saturated heterocycles. The van der Waals surface area contributed by atoms with Crippen LogP contribution in [0.15, 0.2) is 51.7 Å². The lowest BCUT2D eigenvalue weighted by Gasteiger charge is -2.14. The second-order valence-electron chi connectivity index (χ2n) is 5.48. The smallest absolute Gasteiger partial charge is 0.229 e. The molecule has 0 radical (unpaired) electrons. The van der Waals surface area contributed by atoms with E-state index in [9.17, 15) is 18.0 Å². The number of sulfonamides is 1. The van der Waals surface area contributed by atoms with Crippen LogP contribution in [-0.2, 0) is 14.8 Å². The number of rotatable bonds is 6. The van der Waals surface area contributed by atoms with E-state index in [4.69, 9.17) is 9.15 Å². The Morgan fingerprint density at radius 3 is 2.52 bits per heavy atom.